The molecule has 0 saturated carbocycles. The molecule has 15 heavy (non-hydrogen) atoms. The molecule has 1 fully saturated rings. The van der Waals surface area contributed by atoms with E-state index in [4.69, 9.17) is 4.74 Å². The highest BCUT2D eigenvalue weighted by Crippen LogP contribution is 2.18. The zero-order valence-electron chi connectivity index (χ0n) is 9.74. The molecule has 0 aromatic rings. The summed E-state index contributed by atoms with van der Waals surface area (Å²) in [5, 5.41) is 0. The largest absolute Gasteiger partial charge is 0.463 e. The summed E-state index contributed by atoms with van der Waals surface area (Å²) in [4.78, 5) is 13.4. The van der Waals surface area contributed by atoms with Crippen molar-refractivity contribution < 1.29 is 9.53 Å². The van der Waals surface area contributed by atoms with Crippen LogP contribution in [0.1, 0.15) is 26.7 Å². The summed E-state index contributed by atoms with van der Waals surface area (Å²) in [5.41, 5.74) is 0. The Balaban J connectivity index is 2.17. The fourth-order valence-corrected chi connectivity index (χ4v) is 1.90. The number of rotatable bonds is 5. The Kier molecular flexibility index (Phi) is 5.40. The van der Waals surface area contributed by atoms with Crippen LogP contribution in [0.15, 0.2) is 12.2 Å². The highest BCUT2D eigenvalue weighted by Gasteiger charge is 2.19. The van der Waals surface area contributed by atoms with Gasteiger partial charge < -0.3 is 4.74 Å². The van der Waals surface area contributed by atoms with Gasteiger partial charge >= 0.3 is 5.97 Å². The first-order chi connectivity index (χ1) is 7.26. The van der Waals surface area contributed by atoms with E-state index in [9.17, 15) is 4.79 Å². The Labute approximate surface area is 92.1 Å². The maximum atomic E-state index is 11.0. The second kappa shape index (κ2) is 6.62. The highest BCUT2D eigenvalue weighted by atomic mass is 16.5. The predicted molar refractivity (Wildman–Crippen MR) is 60.6 cm³/mol. The van der Waals surface area contributed by atoms with E-state index in [0.717, 1.165) is 19.0 Å². The van der Waals surface area contributed by atoms with Gasteiger partial charge in [0.05, 0.1) is 6.61 Å². The Morgan fingerprint density at radius 1 is 1.53 bits per heavy atom. The zero-order valence-corrected chi connectivity index (χ0v) is 9.74. The second-order valence-electron chi connectivity index (χ2n) is 3.98. The fraction of sp³-hybridized carbons (Fsp3) is 0.750. The van der Waals surface area contributed by atoms with Crippen LogP contribution >= 0.6 is 0 Å². The number of carbonyl (C=O) groups excluding carboxylic acids is 1. The number of ether oxygens (including phenoxy) is 1. The molecule has 1 rings (SSSR count). The Morgan fingerprint density at radius 3 is 2.93 bits per heavy atom. The first kappa shape index (κ1) is 12.2. The average Bonchev–Trinajstić information content (AvgIpc) is 2.66. The third-order valence-corrected chi connectivity index (χ3v) is 2.85. The first-order valence-corrected chi connectivity index (χ1v) is 5.81. The van der Waals surface area contributed by atoms with Crippen LogP contribution in [0, 0.1) is 5.92 Å². The van der Waals surface area contributed by atoms with Crippen LogP contribution in [-0.4, -0.2) is 37.1 Å². The third-order valence-electron chi connectivity index (χ3n) is 2.85. The number of hydrogen-bond donors (Lipinski definition) is 0. The Bertz CT molecular complexity index is 226. The molecular weight excluding hydrogens is 190 g/mol. The topological polar surface area (TPSA) is 29.5 Å². The van der Waals surface area contributed by atoms with Gasteiger partial charge in [-0.15, -0.1) is 0 Å². The lowest BCUT2D eigenvalue weighted by atomic mass is 10.1. The molecule has 0 bridgehead atoms. The highest BCUT2D eigenvalue weighted by molar-refractivity contribution is 5.81. The fourth-order valence-electron chi connectivity index (χ4n) is 1.90. The van der Waals surface area contributed by atoms with Crippen LogP contribution in [0.25, 0.3) is 0 Å². The lowest BCUT2D eigenvalue weighted by molar-refractivity contribution is -0.137. The maximum absolute atomic E-state index is 11.0. The molecule has 0 spiro atoms. The predicted octanol–water partition coefficient (Wildman–Crippen LogP) is 1.84. The number of carbonyl (C=O) groups is 1. The van der Waals surface area contributed by atoms with Crippen LogP contribution in [0.2, 0.25) is 0 Å². The summed E-state index contributed by atoms with van der Waals surface area (Å²) < 4.78 is 4.80. The van der Waals surface area contributed by atoms with Gasteiger partial charge in [0.25, 0.3) is 0 Å². The smallest absolute Gasteiger partial charge is 0.330 e. The second-order valence-corrected chi connectivity index (χ2v) is 3.98. The normalized spacial score (nSPS) is 22.4. The van der Waals surface area contributed by atoms with E-state index < -0.39 is 0 Å². The van der Waals surface area contributed by atoms with Gasteiger partial charge in [0.2, 0.25) is 0 Å². The average molecular weight is 211 g/mol. The summed E-state index contributed by atoms with van der Waals surface area (Å²) in [5.74, 6) is 0.615. The van der Waals surface area contributed by atoms with Crippen LogP contribution in [0.3, 0.4) is 0 Å². The Morgan fingerprint density at radius 2 is 2.33 bits per heavy atom. The molecule has 86 valence electrons. The van der Waals surface area contributed by atoms with Crippen LogP contribution in [0.4, 0.5) is 0 Å². The minimum atomic E-state index is -0.233. The summed E-state index contributed by atoms with van der Waals surface area (Å²) in [7, 11) is 0. The molecule has 0 N–H and O–H groups in total. The zero-order chi connectivity index (χ0) is 11.1. The lowest BCUT2D eigenvalue weighted by Crippen LogP contribution is -2.20. The van der Waals surface area contributed by atoms with Crippen LogP contribution < -0.4 is 0 Å². The van der Waals surface area contributed by atoms with Gasteiger partial charge in [-0.25, -0.2) is 4.79 Å². The van der Waals surface area contributed by atoms with Crippen molar-refractivity contribution in [3.8, 4) is 0 Å². The summed E-state index contributed by atoms with van der Waals surface area (Å²) in [6.07, 6.45) is 5.99. The van der Waals surface area contributed by atoms with Gasteiger partial charge in [-0.1, -0.05) is 19.4 Å². The molecule has 1 aliphatic rings. The van der Waals surface area contributed by atoms with Crippen LogP contribution in [0.5, 0.6) is 0 Å². The van der Waals surface area contributed by atoms with E-state index in [-0.39, 0.29) is 5.97 Å². The van der Waals surface area contributed by atoms with Crippen molar-refractivity contribution in [1.29, 1.82) is 0 Å². The van der Waals surface area contributed by atoms with Crippen molar-refractivity contribution in [1.82, 2.24) is 4.90 Å². The molecule has 1 atom stereocenters. The van der Waals surface area contributed by atoms with Gasteiger partial charge in [0.1, 0.15) is 0 Å². The van der Waals surface area contributed by atoms with E-state index in [2.05, 4.69) is 11.8 Å². The number of hydrogen-bond acceptors (Lipinski definition) is 3. The molecule has 3 nitrogen and oxygen atoms in total. The standard InChI is InChI=1S/C12H21NO2/c1-3-11-7-9-13(10-11)8-5-6-12(14)15-4-2/h5-6,11H,3-4,7-10H2,1-2H3/b6-5+. The molecule has 0 amide bonds. The van der Waals surface area contributed by atoms with Gasteiger partial charge in [0.15, 0.2) is 0 Å². The van der Waals surface area contributed by atoms with Gasteiger partial charge in [-0.05, 0) is 25.8 Å². The number of likely N-dealkylation sites (tertiary alicyclic amines) is 1. The van der Waals surface area contributed by atoms with Crippen LogP contribution in [-0.2, 0) is 9.53 Å². The van der Waals surface area contributed by atoms with E-state index in [1.165, 1.54) is 25.5 Å². The first-order valence-electron chi connectivity index (χ1n) is 5.81. The van der Waals surface area contributed by atoms with Crippen molar-refractivity contribution >= 4 is 5.97 Å². The van der Waals surface area contributed by atoms with E-state index in [1.807, 2.05) is 13.0 Å². The van der Waals surface area contributed by atoms with Crippen molar-refractivity contribution in [2.75, 3.05) is 26.2 Å². The Hall–Kier alpha value is -0.830. The molecule has 0 aromatic heterocycles. The molecule has 1 heterocycles. The van der Waals surface area contributed by atoms with Crippen molar-refractivity contribution in [2.24, 2.45) is 5.92 Å². The van der Waals surface area contributed by atoms with Gasteiger partial charge in [0, 0.05) is 19.2 Å². The van der Waals surface area contributed by atoms with E-state index in [0.29, 0.717) is 6.61 Å². The molecule has 0 aromatic carbocycles. The number of nitrogens with zero attached hydrogens (tertiary/aromatic N) is 1. The summed E-state index contributed by atoms with van der Waals surface area (Å²) in [6, 6.07) is 0. The van der Waals surface area contributed by atoms with Crippen molar-refractivity contribution in [2.45, 2.75) is 26.7 Å². The maximum Gasteiger partial charge on any atom is 0.330 e. The monoisotopic (exact) mass is 211 g/mol. The lowest BCUT2D eigenvalue weighted by Gasteiger charge is -2.12. The van der Waals surface area contributed by atoms with Crippen molar-refractivity contribution in [3.63, 3.8) is 0 Å². The number of esters is 1. The molecule has 1 aliphatic heterocycles. The van der Waals surface area contributed by atoms with Gasteiger partial charge in [-0.2, -0.15) is 0 Å². The minimum absolute atomic E-state index is 0.233. The SMILES string of the molecule is CCOC(=O)/C=C/CN1CCC(CC)C1. The summed E-state index contributed by atoms with van der Waals surface area (Å²) in [6.45, 7) is 7.70. The van der Waals surface area contributed by atoms with Gasteiger partial charge in [-0.3, -0.25) is 4.90 Å². The molecule has 3 heteroatoms. The van der Waals surface area contributed by atoms with E-state index >= 15 is 0 Å². The molecule has 1 saturated heterocycles. The molecular formula is C12H21NO2. The molecule has 0 radical (unpaired) electrons. The minimum Gasteiger partial charge on any atom is -0.463 e. The summed E-state index contributed by atoms with van der Waals surface area (Å²) >= 11 is 0. The molecule has 0 aliphatic carbocycles. The van der Waals surface area contributed by atoms with E-state index in [1.54, 1.807) is 0 Å². The molecule has 1 unspecified atom stereocenters. The quantitative estimate of drug-likeness (QED) is 0.513. The van der Waals surface area contributed by atoms with Crippen molar-refractivity contribution in [3.05, 3.63) is 12.2 Å². The third kappa shape index (κ3) is 4.47.